The molecular formula is C14H19N7O. The molecule has 1 aliphatic rings. The fraction of sp³-hybridized carbons (Fsp3) is 0.429. The van der Waals surface area contributed by atoms with Crippen LogP contribution in [-0.2, 0) is 19.5 Å². The third-order valence-corrected chi connectivity index (χ3v) is 3.49. The van der Waals surface area contributed by atoms with Crippen molar-refractivity contribution >= 4 is 17.6 Å². The van der Waals surface area contributed by atoms with Crippen molar-refractivity contribution in [1.82, 2.24) is 19.9 Å². The minimum Gasteiger partial charge on any atom is -0.395 e. The van der Waals surface area contributed by atoms with Gasteiger partial charge in [-0.2, -0.15) is 9.97 Å². The highest BCUT2D eigenvalue weighted by Gasteiger charge is 2.23. The molecule has 0 unspecified atom stereocenters. The number of nitrogen functional groups attached to an aromatic ring is 1. The van der Waals surface area contributed by atoms with Crippen molar-refractivity contribution < 1.29 is 5.11 Å². The third-order valence-electron chi connectivity index (χ3n) is 3.49. The lowest BCUT2D eigenvalue weighted by Gasteiger charge is -2.17. The number of anilines is 3. The van der Waals surface area contributed by atoms with Crippen molar-refractivity contribution in [3.63, 3.8) is 0 Å². The Balaban J connectivity index is 1.82. The average Bonchev–Trinajstić information content (AvgIpc) is 2.95. The molecule has 0 radical (unpaired) electrons. The highest BCUT2D eigenvalue weighted by molar-refractivity contribution is 5.54. The smallest absolute Gasteiger partial charge is 0.223 e. The molecule has 116 valence electrons. The minimum atomic E-state index is 0.0315. The van der Waals surface area contributed by atoms with Crippen LogP contribution in [0.2, 0.25) is 0 Å². The predicted molar refractivity (Wildman–Crippen MR) is 83.3 cm³/mol. The quantitative estimate of drug-likeness (QED) is 0.724. The Morgan fingerprint density at radius 3 is 2.95 bits per heavy atom. The number of fused-ring (bicyclic) bond motifs is 1. The van der Waals surface area contributed by atoms with Crippen molar-refractivity contribution in [2.75, 3.05) is 29.1 Å². The van der Waals surface area contributed by atoms with Gasteiger partial charge in [-0.15, -0.1) is 0 Å². The molecule has 2 aromatic rings. The predicted octanol–water partition coefficient (Wildman–Crippen LogP) is 0.336. The van der Waals surface area contributed by atoms with E-state index in [1.165, 1.54) is 0 Å². The molecule has 0 aromatic carbocycles. The third kappa shape index (κ3) is 2.91. The average molecular weight is 301 g/mol. The summed E-state index contributed by atoms with van der Waals surface area (Å²) in [5.74, 6) is 2.40. The molecule has 3 heterocycles. The van der Waals surface area contributed by atoms with Crippen LogP contribution in [-0.4, -0.2) is 38.2 Å². The van der Waals surface area contributed by atoms with Crippen molar-refractivity contribution in [2.24, 2.45) is 0 Å². The van der Waals surface area contributed by atoms with Crippen LogP contribution in [0, 0.1) is 0 Å². The zero-order valence-electron chi connectivity index (χ0n) is 12.5. The number of hydrogen-bond acceptors (Lipinski definition) is 8. The van der Waals surface area contributed by atoms with Gasteiger partial charge >= 0.3 is 0 Å². The second-order valence-corrected chi connectivity index (χ2v) is 5.09. The summed E-state index contributed by atoms with van der Waals surface area (Å²) in [6.07, 6.45) is 2.71. The summed E-state index contributed by atoms with van der Waals surface area (Å²) >= 11 is 0. The van der Waals surface area contributed by atoms with Crippen LogP contribution < -0.4 is 16.0 Å². The van der Waals surface area contributed by atoms with Gasteiger partial charge in [-0.3, -0.25) is 0 Å². The van der Waals surface area contributed by atoms with Gasteiger partial charge in [0.15, 0.2) is 0 Å². The van der Waals surface area contributed by atoms with Crippen LogP contribution >= 0.6 is 0 Å². The molecule has 22 heavy (non-hydrogen) atoms. The number of aliphatic hydroxyl groups is 1. The second-order valence-electron chi connectivity index (χ2n) is 5.09. The fourth-order valence-electron chi connectivity index (χ4n) is 2.42. The zero-order valence-corrected chi connectivity index (χ0v) is 12.5. The number of nitrogens with two attached hydrogens (primary N) is 1. The van der Waals surface area contributed by atoms with Crippen molar-refractivity contribution in [1.29, 1.82) is 0 Å². The van der Waals surface area contributed by atoms with Gasteiger partial charge in [0.2, 0.25) is 5.95 Å². The largest absolute Gasteiger partial charge is 0.395 e. The van der Waals surface area contributed by atoms with Gasteiger partial charge in [-0.25, -0.2) is 9.97 Å². The van der Waals surface area contributed by atoms with E-state index >= 15 is 0 Å². The van der Waals surface area contributed by atoms with E-state index in [9.17, 15) is 0 Å². The topological polar surface area (TPSA) is 113 Å². The Hall–Kier alpha value is -2.48. The molecule has 2 aromatic heterocycles. The Bertz CT molecular complexity index is 676. The number of hydrogen-bond donors (Lipinski definition) is 3. The standard InChI is InChI=1S/C14H19N7O/c1-2-11-17-6-9-7-21(8-10(9)18-11)13-5-12(16-3-4-22)19-14(15)20-13/h5-6,22H,2-4,7-8H2,1H3,(H3,15,16,19,20). The van der Waals surface area contributed by atoms with Crippen molar-refractivity contribution in [3.8, 4) is 0 Å². The van der Waals surface area contributed by atoms with Crippen LogP contribution in [0.4, 0.5) is 17.6 Å². The van der Waals surface area contributed by atoms with Gasteiger partial charge in [0.05, 0.1) is 18.8 Å². The van der Waals surface area contributed by atoms with Gasteiger partial charge < -0.3 is 21.1 Å². The van der Waals surface area contributed by atoms with Crippen LogP contribution in [0.5, 0.6) is 0 Å². The van der Waals surface area contributed by atoms with E-state index in [0.29, 0.717) is 25.5 Å². The number of aromatic nitrogens is 4. The molecule has 0 saturated carbocycles. The van der Waals surface area contributed by atoms with Gasteiger partial charge in [-0.05, 0) is 0 Å². The summed E-state index contributed by atoms with van der Waals surface area (Å²) < 4.78 is 0. The SMILES string of the molecule is CCc1ncc2c(n1)CN(c1cc(NCCO)nc(N)n1)C2. The van der Waals surface area contributed by atoms with Crippen molar-refractivity contribution in [3.05, 3.63) is 29.3 Å². The first kappa shape index (κ1) is 14.5. The van der Waals surface area contributed by atoms with Gasteiger partial charge in [0, 0.05) is 37.3 Å². The van der Waals surface area contributed by atoms with Crippen molar-refractivity contribution in [2.45, 2.75) is 26.4 Å². The highest BCUT2D eigenvalue weighted by Crippen LogP contribution is 2.27. The molecular weight excluding hydrogens is 282 g/mol. The number of aryl methyl sites for hydroxylation is 1. The number of nitrogens with one attached hydrogen (secondary N) is 1. The first-order chi connectivity index (χ1) is 10.7. The summed E-state index contributed by atoms with van der Waals surface area (Å²) in [6.45, 7) is 3.87. The summed E-state index contributed by atoms with van der Waals surface area (Å²) in [7, 11) is 0. The summed E-state index contributed by atoms with van der Waals surface area (Å²) in [4.78, 5) is 19.4. The van der Waals surface area contributed by atoms with Crippen LogP contribution in [0.1, 0.15) is 24.0 Å². The van der Waals surface area contributed by atoms with E-state index in [4.69, 9.17) is 10.8 Å². The van der Waals surface area contributed by atoms with Crippen LogP contribution in [0.3, 0.4) is 0 Å². The lowest BCUT2D eigenvalue weighted by atomic mass is 10.3. The lowest BCUT2D eigenvalue weighted by Crippen LogP contribution is -2.18. The number of rotatable bonds is 5. The summed E-state index contributed by atoms with van der Waals surface area (Å²) in [5, 5.41) is 11.9. The lowest BCUT2D eigenvalue weighted by molar-refractivity contribution is 0.311. The molecule has 0 bridgehead atoms. The van der Waals surface area contributed by atoms with Gasteiger partial charge in [-0.1, -0.05) is 6.92 Å². The summed E-state index contributed by atoms with van der Waals surface area (Å²) in [6, 6.07) is 1.83. The van der Waals surface area contributed by atoms with Crippen LogP contribution in [0.25, 0.3) is 0 Å². The molecule has 8 heteroatoms. The molecule has 0 fully saturated rings. The van der Waals surface area contributed by atoms with Gasteiger partial charge in [0.25, 0.3) is 0 Å². The van der Waals surface area contributed by atoms with E-state index in [1.807, 2.05) is 19.2 Å². The molecule has 0 amide bonds. The van der Waals surface area contributed by atoms with E-state index in [2.05, 4.69) is 30.2 Å². The number of nitrogens with zero attached hydrogens (tertiary/aromatic N) is 5. The Kier molecular flexibility index (Phi) is 4.01. The minimum absolute atomic E-state index is 0.0315. The molecule has 0 atom stereocenters. The van der Waals surface area contributed by atoms with Crippen LogP contribution in [0.15, 0.2) is 12.3 Å². The van der Waals surface area contributed by atoms with E-state index in [-0.39, 0.29) is 12.6 Å². The molecule has 4 N–H and O–H groups in total. The van der Waals surface area contributed by atoms with E-state index in [1.54, 1.807) is 0 Å². The maximum Gasteiger partial charge on any atom is 0.223 e. The summed E-state index contributed by atoms with van der Waals surface area (Å²) in [5.41, 5.74) is 7.92. The molecule has 0 aliphatic carbocycles. The monoisotopic (exact) mass is 301 g/mol. The Morgan fingerprint density at radius 2 is 2.18 bits per heavy atom. The van der Waals surface area contributed by atoms with E-state index < -0.39 is 0 Å². The fourth-order valence-corrected chi connectivity index (χ4v) is 2.42. The highest BCUT2D eigenvalue weighted by atomic mass is 16.3. The first-order valence-corrected chi connectivity index (χ1v) is 7.27. The molecule has 8 nitrogen and oxygen atoms in total. The van der Waals surface area contributed by atoms with E-state index in [0.717, 1.165) is 29.3 Å². The zero-order chi connectivity index (χ0) is 15.5. The normalized spacial score (nSPS) is 13.3. The second kappa shape index (κ2) is 6.10. The molecule has 0 saturated heterocycles. The van der Waals surface area contributed by atoms with Gasteiger partial charge in [0.1, 0.15) is 17.5 Å². The maximum atomic E-state index is 8.88. The Morgan fingerprint density at radius 1 is 1.32 bits per heavy atom. The molecule has 0 spiro atoms. The maximum absolute atomic E-state index is 8.88. The molecule has 1 aliphatic heterocycles. The first-order valence-electron chi connectivity index (χ1n) is 7.27. The molecule has 3 rings (SSSR count). The number of aliphatic hydroxyl groups excluding tert-OH is 1. The Labute approximate surface area is 128 Å².